The number of nitrogens with one attached hydrogen (secondary N) is 1. The van der Waals surface area contributed by atoms with Crippen LogP contribution in [-0.4, -0.2) is 36.2 Å². The van der Waals surface area contributed by atoms with Gasteiger partial charge in [-0.2, -0.15) is 0 Å². The number of nitrogens with two attached hydrogens (primary N) is 1. The maximum absolute atomic E-state index is 5.12. The third-order valence-electron chi connectivity index (χ3n) is 1.16. The quantitative estimate of drug-likeness (QED) is 0.427. The molecule has 0 saturated heterocycles. The predicted octanol–water partition coefficient (Wildman–Crippen LogP) is -0.947. The van der Waals surface area contributed by atoms with Crippen LogP contribution < -0.4 is 11.2 Å². The second-order valence-corrected chi connectivity index (χ2v) is 2.51. The summed E-state index contributed by atoms with van der Waals surface area (Å²) in [6.45, 7) is 2.14. The van der Waals surface area contributed by atoms with Crippen LogP contribution in [0.15, 0.2) is 4.99 Å². The Labute approximate surface area is 70.2 Å². The number of thiocarbonyl (C=S) groups is 1. The molecule has 6 heteroatoms. The van der Waals surface area contributed by atoms with Crippen LogP contribution in [0.3, 0.4) is 0 Å². The Kier molecular flexibility index (Phi) is 3.06. The van der Waals surface area contributed by atoms with Gasteiger partial charge in [0.25, 0.3) is 0 Å². The molecule has 3 N–H and O–H groups in total. The molecular weight excluding hydrogens is 164 g/mol. The van der Waals surface area contributed by atoms with Crippen molar-refractivity contribution in [2.75, 3.05) is 19.8 Å². The number of nitrogens with zero attached hydrogens (tertiary/aromatic N) is 2. The molecule has 62 valence electrons. The molecule has 0 bridgehead atoms. The smallest absolute Gasteiger partial charge is 0.187 e. The summed E-state index contributed by atoms with van der Waals surface area (Å²) in [6, 6.07) is 0. The van der Waals surface area contributed by atoms with E-state index in [2.05, 4.69) is 22.7 Å². The van der Waals surface area contributed by atoms with Gasteiger partial charge in [-0.1, -0.05) is 0 Å². The van der Waals surface area contributed by atoms with Crippen molar-refractivity contribution in [3.05, 3.63) is 0 Å². The maximum atomic E-state index is 5.12. The van der Waals surface area contributed by atoms with E-state index in [9.17, 15) is 0 Å². The summed E-state index contributed by atoms with van der Waals surface area (Å²) < 4.78 is 0. The van der Waals surface area contributed by atoms with Crippen LogP contribution in [0.5, 0.6) is 0 Å². The molecule has 0 aliphatic carbocycles. The largest absolute Gasteiger partial charge is 0.375 e. The monoisotopic (exact) mass is 174 g/mol. The standard InChI is InChI=1S/C5H10N4OS/c6-5(11)8-10-4-9-2-1-7-3-9/h3H,1-2,4H2,(H3,6,8,11). The second kappa shape index (κ2) is 4.09. The number of hydroxylamine groups is 1. The summed E-state index contributed by atoms with van der Waals surface area (Å²) >= 11 is 4.53. The number of rotatable bonds is 3. The Morgan fingerprint density at radius 2 is 2.73 bits per heavy atom. The van der Waals surface area contributed by atoms with E-state index in [-0.39, 0.29) is 5.11 Å². The summed E-state index contributed by atoms with van der Waals surface area (Å²) in [5.74, 6) is 0. The highest BCUT2D eigenvalue weighted by molar-refractivity contribution is 7.80. The zero-order chi connectivity index (χ0) is 8.10. The van der Waals surface area contributed by atoms with Crippen molar-refractivity contribution in [1.82, 2.24) is 10.4 Å². The van der Waals surface area contributed by atoms with Crippen LogP contribution >= 0.6 is 12.2 Å². The van der Waals surface area contributed by atoms with Gasteiger partial charge in [0.05, 0.1) is 12.9 Å². The molecule has 0 aromatic carbocycles. The molecule has 0 amide bonds. The first-order valence-electron chi connectivity index (χ1n) is 3.20. The lowest BCUT2D eigenvalue weighted by Gasteiger charge is -2.13. The number of aliphatic imine (C=N–C) groups is 1. The summed E-state index contributed by atoms with van der Waals surface area (Å²) in [4.78, 5) is 10.8. The van der Waals surface area contributed by atoms with E-state index in [4.69, 9.17) is 10.6 Å². The van der Waals surface area contributed by atoms with Gasteiger partial charge in [0.2, 0.25) is 0 Å². The van der Waals surface area contributed by atoms with Gasteiger partial charge in [-0.05, 0) is 12.2 Å². The molecule has 1 rings (SSSR count). The van der Waals surface area contributed by atoms with E-state index in [1.165, 1.54) is 0 Å². The molecule has 0 radical (unpaired) electrons. The van der Waals surface area contributed by atoms with Crippen LogP contribution in [-0.2, 0) is 4.84 Å². The van der Waals surface area contributed by atoms with Crippen molar-refractivity contribution >= 4 is 23.7 Å². The molecule has 0 fully saturated rings. The molecular formula is C5H10N4OS. The normalized spacial score (nSPS) is 15.5. The van der Waals surface area contributed by atoms with Crippen LogP contribution in [0.4, 0.5) is 0 Å². The minimum atomic E-state index is 0.140. The summed E-state index contributed by atoms with van der Waals surface area (Å²) in [5, 5.41) is 0.140. The summed E-state index contributed by atoms with van der Waals surface area (Å²) in [5.41, 5.74) is 7.50. The lowest BCUT2D eigenvalue weighted by atomic mass is 10.6. The SMILES string of the molecule is NC(=S)NOCN1C=NCC1. The Bertz CT molecular complexity index is 172. The summed E-state index contributed by atoms with van der Waals surface area (Å²) in [7, 11) is 0. The molecule has 1 aliphatic rings. The predicted molar refractivity (Wildman–Crippen MR) is 45.9 cm³/mol. The van der Waals surface area contributed by atoms with Gasteiger partial charge in [0, 0.05) is 6.54 Å². The van der Waals surface area contributed by atoms with Crippen LogP contribution in [0.25, 0.3) is 0 Å². The van der Waals surface area contributed by atoms with Crippen molar-refractivity contribution in [3.63, 3.8) is 0 Å². The van der Waals surface area contributed by atoms with Crippen molar-refractivity contribution < 1.29 is 4.84 Å². The van der Waals surface area contributed by atoms with Crippen LogP contribution in [0.2, 0.25) is 0 Å². The maximum Gasteiger partial charge on any atom is 0.187 e. The second-order valence-electron chi connectivity index (χ2n) is 2.07. The minimum absolute atomic E-state index is 0.140. The first-order valence-corrected chi connectivity index (χ1v) is 3.61. The molecule has 0 spiro atoms. The molecule has 0 unspecified atom stereocenters. The average Bonchev–Trinajstić information content (AvgIpc) is 2.39. The lowest BCUT2D eigenvalue weighted by Crippen LogP contribution is -2.34. The van der Waals surface area contributed by atoms with Crippen molar-refractivity contribution in [2.45, 2.75) is 0 Å². The van der Waals surface area contributed by atoms with Crippen molar-refractivity contribution in [2.24, 2.45) is 10.7 Å². The molecule has 1 aliphatic heterocycles. The number of hydrogen-bond acceptors (Lipinski definition) is 4. The van der Waals surface area contributed by atoms with Crippen molar-refractivity contribution in [1.29, 1.82) is 0 Å². The average molecular weight is 174 g/mol. The van der Waals surface area contributed by atoms with E-state index >= 15 is 0 Å². The third kappa shape index (κ3) is 3.15. The zero-order valence-electron chi connectivity index (χ0n) is 5.99. The fraction of sp³-hybridized carbons (Fsp3) is 0.600. The molecule has 0 atom stereocenters. The fourth-order valence-corrected chi connectivity index (χ4v) is 0.760. The molecule has 5 nitrogen and oxygen atoms in total. The van der Waals surface area contributed by atoms with E-state index in [0.717, 1.165) is 13.1 Å². The van der Waals surface area contributed by atoms with Gasteiger partial charge < -0.3 is 10.6 Å². The highest BCUT2D eigenvalue weighted by atomic mass is 32.1. The first kappa shape index (κ1) is 8.22. The summed E-state index contributed by atoms with van der Waals surface area (Å²) in [6.07, 6.45) is 1.74. The highest BCUT2D eigenvalue weighted by Gasteiger charge is 2.03. The number of hydrogen-bond donors (Lipinski definition) is 2. The van der Waals surface area contributed by atoms with Gasteiger partial charge in [-0.25, -0.2) is 5.48 Å². The van der Waals surface area contributed by atoms with E-state index < -0.39 is 0 Å². The Balaban J connectivity index is 2.03. The van der Waals surface area contributed by atoms with Gasteiger partial charge in [0.1, 0.15) is 6.73 Å². The zero-order valence-corrected chi connectivity index (χ0v) is 6.80. The minimum Gasteiger partial charge on any atom is -0.375 e. The first-order chi connectivity index (χ1) is 5.29. The van der Waals surface area contributed by atoms with Gasteiger partial charge in [-0.3, -0.25) is 9.83 Å². The molecule has 1 heterocycles. The fourth-order valence-electron chi connectivity index (χ4n) is 0.701. The van der Waals surface area contributed by atoms with Gasteiger partial charge in [-0.15, -0.1) is 0 Å². The topological polar surface area (TPSA) is 62.9 Å². The van der Waals surface area contributed by atoms with E-state index in [1.807, 2.05) is 4.90 Å². The van der Waals surface area contributed by atoms with Crippen molar-refractivity contribution in [3.8, 4) is 0 Å². The highest BCUT2D eigenvalue weighted by Crippen LogP contribution is 1.90. The molecule has 0 aromatic rings. The van der Waals surface area contributed by atoms with Crippen LogP contribution in [0.1, 0.15) is 0 Å². The van der Waals surface area contributed by atoms with E-state index in [1.54, 1.807) is 6.34 Å². The Morgan fingerprint density at radius 3 is 3.27 bits per heavy atom. The Morgan fingerprint density at radius 1 is 1.91 bits per heavy atom. The third-order valence-corrected chi connectivity index (χ3v) is 1.25. The van der Waals surface area contributed by atoms with Crippen LogP contribution in [0, 0.1) is 0 Å². The van der Waals surface area contributed by atoms with E-state index in [0.29, 0.717) is 6.73 Å². The molecule has 11 heavy (non-hydrogen) atoms. The lowest BCUT2D eigenvalue weighted by molar-refractivity contribution is 0.0314. The Hall–Kier alpha value is -0.880. The van der Waals surface area contributed by atoms with Gasteiger partial charge >= 0.3 is 0 Å². The molecule has 0 aromatic heterocycles. The molecule has 0 saturated carbocycles. The van der Waals surface area contributed by atoms with Gasteiger partial charge in [0.15, 0.2) is 5.11 Å².